The summed E-state index contributed by atoms with van der Waals surface area (Å²) in [6, 6.07) is 4.55. The standard InChI is InChI=1S/C22H24Cl2N2O3S2/c1-22(2,3)12-5-6-15-16(9-12)31-19(17(15)20(28)29-4)26-21(30)25-18(27)11-7-13(23)10-14(24)8-11/h7-8,10,12H,5-6,9H2,1-4H3,(H2,25,26,27,30). The average molecular weight is 499 g/mol. The van der Waals surface area contributed by atoms with Crippen LogP contribution in [0.25, 0.3) is 0 Å². The zero-order valence-electron chi connectivity index (χ0n) is 17.7. The SMILES string of the molecule is COC(=O)c1c(NC(=S)NC(=O)c2cc(Cl)cc(Cl)c2)sc2c1CCC(C(C)(C)C)C2. The van der Waals surface area contributed by atoms with Crippen molar-refractivity contribution in [2.24, 2.45) is 11.3 Å². The van der Waals surface area contributed by atoms with Crippen molar-refractivity contribution in [1.29, 1.82) is 0 Å². The molecule has 9 heteroatoms. The van der Waals surface area contributed by atoms with Crippen LogP contribution >= 0.6 is 46.8 Å². The van der Waals surface area contributed by atoms with Gasteiger partial charge in [-0.25, -0.2) is 4.79 Å². The van der Waals surface area contributed by atoms with Gasteiger partial charge >= 0.3 is 5.97 Å². The van der Waals surface area contributed by atoms with E-state index in [1.165, 1.54) is 30.6 Å². The summed E-state index contributed by atoms with van der Waals surface area (Å²) in [6.07, 6.45) is 2.71. The van der Waals surface area contributed by atoms with Crippen LogP contribution in [-0.4, -0.2) is 24.1 Å². The molecule has 3 rings (SSSR count). The fourth-order valence-electron chi connectivity index (χ4n) is 3.73. The number of carbonyl (C=O) groups is 2. The van der Waals surface area contributed by atoms with Crippen LogP contribution in [-0.2, 0) is 17.6 Å². The van der Waals surface area contributed by atoms with Gasteiger partial charge in [0.2, 0.25) is 0 Å². The van der Waals surface area contributed by atoms with Gasteiger partial charge in [-0.15, -0.1) is 11.3 Å². The highest BCUT2D eigenvalue weighted by Crippen LogP contribution is 2.44. The van der Waals surface area contributed by atoms with Gasteiger partial charge in [-0.3, -0.25) is 10.1 Å². The molecular formula is C22H24Cl2N2O3S2. The molecule has 1 unspecified atom stereocenters. The average Bonchev–Trinajstić information content (AvgIpc) is 3.02. The predicted octanol–water partition coefficient (Wildman–Crippen LogP) is 6.12. The van der Waals surface area contributed by atoms with Crippen LogP contribution in [0.1, 0.15) is 58.3 Å². The summed E-state index contributed by atoms with van der Waals surface area (Å²) in [5.41, 5.74) is 1.98. The van der Waals surface area contributed by atoms with E-state index >= 15 is 0 Å². The Morgan fingerprint density at radius 3 is 2.42 bits per heavy atom. The molecule has 1 amide bonds. The summed E-state index contributed by atoms with van der Waals surface area (Å²) in [7, 11) is 1.36. The number of rotatable bonds is 3. The smallest absolute Gasteiger partial charge is 0.341 e. The first kappa shape index (κ1) is 24.0. The number of hydrogen-bond donors (Lipinski definition) is 2. The maximum Gasteiger partial charge on any atom is 0.341 e. The van der Waals surface area contributed by atoms with Crippen molar-refractivity contribution in [3.05, 3.63) is 49.8 Å². The second-order valence-corrected chi connectivity index (χ2v) is 11.0. The topological polar surface area (TPSA) is 67.4 Å². The van der Waals surface area contributed by atoms with Crippen molar-refractivity contribution < 1.29 is 14.3 Å². The summed E-state index contributed by atoms with van der Waals surface area (Å²) in [6.45, 7) is 6.72. The van der Waals surface area contributed by atoms with Gasteiger partial charge in [-0.2, -0.15) is 0 Å². The number of fused-ring (bicyclic) bond motifs is 1. The third-order valence-corrected chi connectivity index (χ3v) is 7.27. The molecule has 0 fully saturated rings. The number of ether oxygens (including phenoxy) is 1. The van der Waals surface area contributed by atoms with E-state index in [1.807, 2.05) is 0 Å². The van der Waals surface area contributed by atoms with E-state index in [-0.39, 0.29) is 16.1 Å². The second-order valence-electron chi connectivity index (χ2n) is 8.57. The molecule has 0 saturated carbocycles. The lowest BCUT2D eigenvalue weighted by molar-refractivity contribution is 0.0600. The van der Waals surface area contributed by atoms with E-state index in [2.05, 4.69) is 31.4 Å². The minimum Gasteiger partial charge on any atom is -0.465 e. The Morgan fingerprint density at radius 2 is 1.84 bits per heavy atom. The fraction of sp³-hybridized carbons (Fsp3) is 0.409. The third-order valence-electron chi connectivity index (χ3n) is 5.46. The largest absolute Gasteiger partial charge is 0.465 e. The monoisotopic (exact) mass is 498 g/mol. The first-order chi connectivity index (χ1) is 14.5. The Kier molecular flexibility index (Phi) is 7.31. The number of carbonyl (C=O) groups excluding carboxylic acids is 2. The van der Waals surface area contributed by atoms with Gasteiger partial charge < -0.3 is 10.1 Å². The van der Waals surface area contributed by atoms with Crippen LogP contribution < -0.4 is 10.6 Å². The van der Waals surface area contributed by atoms with Crippen LogP contribution in [0, 0.1) is 11.3 Å². The summed E-state index contributed by atoms with van der Waals surface area (Å²) < 4.78 is 5.02. The van der Waals surface area contributed by atoms with Crippen LogP contribution in [0.2, 0.25) is 10.0 Å². The number of anilines is 1. The van der Waals surface area contributed by atoms with Gasteiger partial charge in [0.25, 0.3) is 5.91 Å². The normalized spacial score (nSPS) is 15.7. The van der Waals surface area contributed by atoms with Crippen molar-refractivity contribution in [3.63, 3.8) is 0 Å². The minimum atomic E-state index is -0.448. The summed E-state index contributed by atoms with van der Waals surface area (Å²) in [5.74, 6) is -0.336. The molecule has 2 N–H and O–H groups in total. The number of methoxy groups -OCH3 is 1. The molecule has 166 valence electrons. The van der Waals surface area contributed by atoms with E-state index in [0.29, 0.717) is 26.5 Å². The minimum absolute atomic E-state index is 0.0808. The van der Waals surface area contributed by atoms with E-state index in [1.54, 1.807) is 6.07 Å². The zero-order valence-corrected chi connectivity index (χ0v) is 20.9. The van der Waals surface area contributed by atoms with E-state index in [9.17, 15) is 9.59 Å². The van der Waals surface area contributed by atoms with Gasteiger partial charge in [-0.05, 0) is 66.6 Å². The van der Waals surface area contributed by atoms with Gasteiger partial charge in [-0.1, -0.05) is 44.0 Å². The molecule has 2 aromatic rings. The molecule has 31 heavy (non-hydrogen) atoms. The van der Waals surface area contributed by atoms with Gasteiger partial charge in [0, 0.05) is 20.5 Å². The Balaban J connectivity index is 1.82. The first-order valence-electron chi connectivity index (χ1n) is 9.81. The summed E-state index contributed by atoms with van der Waals surface area (Å²) >= 11 is 18.8. The van der Waals surface area contributed by atoms with Crippen molar-refractivity contribution in [2.45, 2.75) is 40.0 Å². The molecule has 1 aromatic carbocycles. The lowest BCUT2D eigenvalue weighted by atomic mass is 9.72. The molecule has 0 bridgehead atoms. The van der Waals surface area contributed by atoms with Crippen LogP contribution in [0.5, 0.6) is 0 Å². The maximum atomic E-state index is 12.5. The molecule has 5 nitrogen and oxygen atoms in total. The molecule has 0 saturated heterocycles. The second kappa shape index (κ2) is 9.45. The number of benzene rings is 1. The fourth-order valence-corrected chi connectivity index (χ4v) is 5.83. The van der Waals surface area contributed by atoms with Gasteiger partial charge in [0.05, 0.1) is 12.7 Å². The number of halogens is 2. The predicted molar refractivity (Wildman–Crippen MR) is 131 cm³/mol. The van der Waals surface area contributed by atoms with Crippen LogP contribution in [0.4, 0.5) is 5.00 Å². The number of hydrogen-bond acceptors (Lipinski definition) is 5. The molecule has 0 spiro atoms. The number of thiophene rings is 1. The Hall–Kier alpha value is -1.67. The van der Waals surface area contributed by atoms with Crippen molar-refractivity contribution in [1.82, 2.24) is 5.32 Å². The summed E-state index contributed by atoms with van der Waals surface area (Å²) in [5, 5.41) is 7.00. The van der Waals surface area contributed by atoms with Crippen LogP contribution in [0.15, 0.2) is 18.2 Å². The van der Waals surface area contributed by atoms with E-state index in [4.69, 9.17) is 40.2 Å². The highest BCUT2D eigenvalue weighted by Gasteiger charge is 2.34. The van der Waals surface area contributed by atoms with Gasteiger partial charge in [0.1, 0.15) is 5.00 Å². The maximum absolute atomic E-state index is 12.5. The molecule has 1 aliphatic rings. The quantitative estimate of drug-likeness (QED) is 0.394. The number of esters is 1. The Labute approximate surface area is 201 Å². The first-order valence-corrected chi connectivity index (χ1v) is 11.8. The highest BCUT2D eigenvalue weighted by atomic mass is 35.5. The number of nitrogens with one attached hydrogen (secondary N) is 2. The van der Waals surface area contributed by atoms with E-state index in [0.717, 1.165) is 29.7 Å². The molecule has 1 aromatic heterocycles. The third kappa shape index (κ3) is 5.58. The lowest BCUT2D eigenvalue weighted by Gasteiger charge is -2.33. The zero-order chi connectivity index (χ0) is 22.9. The van der Waals surface area contributed by atoms with Crippen LogP contribution in [0.3, 0.4) is 0 Å². The lowest BCUT2D eigenvalue weighted by Crippen LogP contribution is -2.34. The molecule has 0 radical (unpaired) electrons. The molecule has 0 aliphatic heterocycles. The van der Waals surface area contributed by atoms with E-state index < -0.39 is 11.9 Å². The number of amides is 1. The summed E-state index contributed by atoms with van der Waals surface area (Å²) in [4.78, 5) is 26.2. The molecule has 1 atom stereocenters. The highest BCUT2D eigenvalue weighted by molar-refractivity contribution is 7.80. The Morgan fingerprint density at radius 1 is 1.19 bits per heavy atom. The van der Waals surface area contributed by atoms with Gasteiger partial charge in [0.15, 0.2) is 5.11 Å². The molecular weight excluding hydrogens is 475 g/mol. The Bertz CT molecular complexity index is 1020. The molecule has 1 aliphatic carbocycles. The van der Waals surface area contributed by atoms with Crippen molar-refractivity contribution in [3.8, 4) is 0 Å². The number of thiocarbonyl (C=S) groups is 1. The molecule has 1 heterocycles. The van der Waals surface area contributed by atoms with Crippen molar-refractivity contribution in [2.75, 3.05) is 12.4 Å². The van der Waals surface area contributed by atoms with Crippen molar-refractivity contribution >= 4 is 68.7 Å².